The first-order chi connectivity index (χ1) is 27.3. The van der Waals surface area contributed by atoms with Crippen LogP contribution in [0.1, 0.15) is 0 Å². The predicted octanol–water partition coefficient (Wildman–Crippen LogP) is 13.5. The summed E-state index contributed by atoms with van der Waals surface area (Å²) in [6.45, 7) is 0. The van der Waals surface area contributed by atoms with Crippen molar-refractivity contribution >= 4 is 49.5 Å². The van der Waals surface area contributed by atoms with E-state index in [0.717, 1.165) is 72.7 Å². The van der Waals surface area contributed by atoms with Crippen LogP contribution in [0.3, 0.4) is 0 Å². The Morgan fingerprint density at radius 1 is 0.345 bits per heavy atom. The summed E-state index contributed by atoms with van der Waals surface area (Å²) in [6.07, 6.45) is 0. The van der Waals surface area contributed by atoms with Crippen LogP contribution in [0, 0.1) is 0 Å². The summed E-state index contributed by atoms with van der Waals surface area (Å²) in [7, 11) is 0. The largest absolute Gasteiger partial charge is 0.308 e. The number of aromatic nitrogens is 3. The van der Waals surface area contributed by atoms with Gasteiger partial charge in [-0.2, -0.15) is 0 Å². The van der Waals surface area contributed by atoms with Gasteiger partial charge in [0.15, 0.2) is 5.82 Å². The van der Waals surface area contributed by atoms with Gasteiger partial charge < -0.3 is 4.90 Å². The van der Waals surface area contributed by atoms with Crippen molar-refractivity contribution < 1.29 is 0 Å². The van der Waals surface area contributed by atoms with E-state index in [2.05, 4.69) is 175 Å². The lowest BCUT2D eigenvalue weighted by Gasteiger charge is -2.27. The third-order valence-electron chi connectivity index (χ3n) is 10.2. The highest BCUT2D eigenvalue weighted by atomic mass is 15.1. The molecule has 0 amide bonds. The first-order valence-corrected chi connectivity index (χ1v) is 18.5. The number of hydrogen-bond donors (Lipinski definition) is 0. The van der Waals surface area contributed by atoms with Crippen molar-refractivity contribution in [1.29, 1.82) is 0 Å². The van der Waals surface area contributed by atoms with Gasteiger partial charge in [-0.1, -0.05) is 170 Å². The zero-order valence-corrected chi connectivity index (χ0v) is 29.9. The third-order valence-corrected chi connectivity index (χ3v) is 10.2. The maximum Gasteiger partial charge on any atom is 0.160 e. The maximum atomic E-state index is 5.59. The minimum atomic E-state index is 0.678. The van der Waals surface area contributed by atoms with Gasteiger partial charge in [0.05, 0.1) is 28.3 Å². The lowest BCUT2D eigenvalue weighted by Crippen LogP contribution is -2.11. The lowest BCUT2D eigenvalue weighted by atomic mass is 9.94. The molecule has 0 aliphatic heterocycles. The molecule has 10 rings (SSSR count). The molecule has 4 heteroatoms. The molecule has 55 heavy (non-hydrogen) atoms. The summed E-state index contributed by atoms with van der Waals surface area (Å²) in [5.41, 5.74) is 10.9. The Labute approximate surface area is 319 Å². The topological polar surface area (TPSA) is 41.9 Å². The van der Waals surface area contributed by atoms with E-state index in [1.807, 2.05) is 36.4 Å². The van der Waals surface area contributed by atoms with Gasteiger partial charge in [0.25, 0.3) is 0 Å². The van der Waals surface area contributed by atoms with Gasteiger partial charge in [0, 0.05) is 49.8 Å². The van der Waals surface area contributed by atoms with Crippen molar-refractivity contribution in [1.82, 2.24) is 15.0 Å². The Bertz CT molecular complexity index is 2850. The highest BCUT2D eigenvalue weighted by Crippen LogP contribution is 2.43. The maximum absolute atomic E-state index is 5.59. The summed E-state index contributed by atoms with van der Waals surface area (Å²) < 4.78 is 0. The molecule has 10 aromatic rings. The number of anilines is 3. The second kappa shape index (κ2) is 13.8. The predicted molar refractivity (Wildman–Crippen MR) is 229 cm³/mol. The highest BCUT2D eigenvalue weighted by molar-refractivity contribution is 6.24. The highest BCUT2D eigenvalue weighted by Gasteiger charge is 2.20. The quantitative estimate of drug-likeness (QED) is 0.155. The van der Waals surface area contributed by atoms with E-state index in [-0.39, 0.29) is 0 Å². The standard InChI is InChI=1S/C51H34N4/c1-5-17-36(18-6-1)45-34-46(37-19-7-2-8-20-37)53-51(52-45)39-30-28-38(29-31-39)49-44-33-32-35-16-13-14-25-42(35)48(44)43-26-15-27-47(50(43)54-49)55(40-21-9-3-10-22-40)41-23-11-4-12-24-41/h1-34H. The molecule has 0 aliphatic rings. The molecule has 0 atom stereocenters. The molecule has 2 aromatic heterocycles. The molecule has 0 unspecified atom stereocenters. The summed E-state index contributed by atoms with van der Waals surface area (Å²) in [6, 6.07) is 71.9. The van der Waals surface area contributed by atoms with Crippen LogP contribution in [0.5, 0.6) is 0 Å². The normalized spacial score (nSPS) is 11.3. The van der Waals surface area contributed by atoms with E-state index in [1.54, 1.807) is 0 Å². The molecule has 2 heterocycles. The monoisotopic (exact) mass is 702 g/mol. The van der Waals surface area contributed by atoms with Gasteiger partial charge in [0.1, 0.15) is 0 Å². The van der Waals surface area contributed by atoms with Crippen molar-refractivity contribution in [2.45, 2.75) is 0 Å². The number of nitrogens with zero attached hydrogens (tertiary/aromatic N) is 4. The summed E-state index contributed by atoms with van der Waals surface area (Å²) in [5.74, 6) is 0.678. The van der Waals surface area contributed by atoms with Crippen LogP contribution in [-0.4, -0.2) is 15.0 Å². The van der Waals surface area contributed by atoms with Gasteiger partial charge in [-0.3, -0.25) is 0 Å². The average molecular weight is 703 g/mol. The van der Waals surface area contributed by atoms with Crippen molar-refractivity contribution in [3.63, 3.8) is 0 Å². The van der Waals surface area contributed by atoms with Crippen LogP contribution in [0.15, 0.2) is 206 Å². The van der Waals surface area contributed by atoms with Crippen LogP contribution >= 0.6 is 0 Å². The molecule has 0 N–H and O–H groups in total. The second-order valence-electron chi connectivity index (χ2n) is 13.6. The second-order valence-corrected chi connectivity index (χ2v) is 13.6. The van der Waals surface area contributed by atoms with Crippen LogP contribution < -0.4 is 4.90 Å². The molecule has 0 radical (unpaired) electrons. The molecule has 8 aromatic carbocycles. The first kappa shape index (κ1) is 32.2. The van der Waals surface area contributed by atoms with Crippen molar-refractivity contribution in [3.8, 4) is 45.2 Å². The molecule has 0 aliphatic carbocycles. The van der Waals surface area contributed by atoms with Gasteiger partial charge in [0.2, 0.25) is 0 Å². The van der Waals surface area contributed by atoms with Crippen LogP contribution in [0.4, 0.5) is 17.1 Å². The van der Waals surface area contributed by atoms with Crippen LogP contribution in [-0.2, 0) is 0 Å². The lowest BCUT2D eigenvalue weighted by molar-refractivity contribution is 1.18. The van der Waals surface area contributed by atoms with Crippen molar-refractivity contribution in [2.24, 2.45) is 0 Å². The zero-order chi connectivity index (χ0) is 36.6. The number of pyridine rings is 1. The Morgan fingerprint density at radius 2 is 0.873 bits per heavy atom. The molecule has 4 nitrogen and oxygen atoms in total. The molecule has 0 fully saturated rings. The fourth-order valence-corrected chi connectivity index (χ4v) is 7.63. The summed E-state index contributed by atoms with van der Waals surface area (Å²) in [4.78, 5) is 18.1. The van der Waals surface area contributed by atoms with Gasteiger partial charge in [-0.15, -0.1) is 0 Å². The first-order valence-electron chi connectivity index (χ1n) is 18.5. The zero-order valence-electron chi connectivity index (χ0n) is 29.9. The van der Waals surface area contributed by atoms with E-state index in [4.69, 9.17) is 15.0 Å². The van der Waals surface area contributed by atoms with Gasteiger partial charge in [-0.25, -0.2) is 15.0 Å². The molecule has 0 saturated carbocycles. The minimum Gasteiger partial charge on any atom is -0.308 e. The van der Waals surface area contributed by atoms with Crippen LogP contribution in [0.2, 0.25) is 0 Å². The van der Waals surface area contributed by atoms with E-state index in [0.29, 0.717) is 5.82 Å². The SMILES string of the molecule is c1ccc(-c2cc(-c3ccccc3)nc(-c3ccc(-c4nc5c(N(c6ccccc6)c6ccccc6)cccc5c5c4ccc4ccccc45)cc3)n2)cc1. The van der Waals surface area contributed by atoms with E-state index in [1.165, 1.54) is 16.2 Å². The molecule has 258 valence electrons. The Morgan fingerprint density at radius 3 is 1.49 bits per heavy atom. The number of rotatable bonds is 7. The van der Waals surface area contributed by atoms with E-state index >= 15 is 0 Å². The summed E-state index contributed by atoms with van der Waals surface area (Å²) in [5, 5.41) is 5.81. The number of benzene rings is 8. The molecule has 0 saturated heterocycles. The van der Waals surface area contributed by atoms with Crippen molar-refractivity contribution in [2.75, 3.05) is 4.90 Å². The molecular formula is C51H34N4. The molecular weight excluding hydrogens is 669 g/mol. The number of hydrogen-bond acceptors (Lipinski definition) is 4. The average Bonchev–Trinajstić information content (AvgIpc) is 3.27. The third kappa shape index (κ3) is 5.96. The fourth-order valence-electron chi connectivity index (χ4n) is 7.63. The van der Waals surface area contributed by atoms with Crippen molar-refractivity contribution in [3.05, 3.63) is 206 Å². The van der Waals surface area contributed by atoms with Crippen LogP contribution in [0.25, 0.3) is 77.6 Å². The molecule has 0 bridgehead atoms. The minimum absolute atomic E-state index is 0.678. The Balaban J connectivity index is 1.18. The smallest absolute Gasteiger partial charge is 0.160 e. The van der Waals surface area contributed by atoms with E-state index in [9.17, 15) is 0 Å². The summed E-state index contributed by atoms with van der Waals surface area (Å²) >= 11 is 0. The fraction of sp³-hybridized carbons (Fsp3) is 0. The Hall–Kier alpha value is -7.43. The number of fused-ring (bicyclic) bond motifs is 5. The van der Waals surface area contributed by atoms with Gasteiger partial charge >= 0.3 is 0 Å². The van der Waals surface area contributed by atoms with Gasteiger partial charge in [-0.05, 0) is 47.2 Å². The number of para-hydroxylation sites is 3. The molecule has 0 spiro atoms. The van der Waals surface area contributed by atoms with E-state index < -0.39 is 0 Å². The Kier molecular flexibility index (Phi) is 8.12.